The number of fused-ring (bicyclic) bond motifs is 1. The van der Waals surface area contributed by atoms with Crippen LogP contribution in [0.1, 0.15) is 25.3 Å². The van der Waals surface area contributed by atoms with Gasteiger partial charge in [0.05, 0.1) is 12.7 Å². The third kappa shape index (κ3) is 4.28. The standard InChI is InChI=1S/C17H23NO5/c1-12(9-13-3-6-15-16(10-13)23-11-22-15)18(2)17(19)21-8-7-20-14-4-5-14/h3,6,10,12,14H,4-5,7-9,11H2,1-2H3/t12-/m1/s1. The highest BCUT2D eigenvalue weighted by Gasteiger charge is 2.22. The molecule has 1 aliphatic heterocycles. The van der Waals surface area contributed by atoms with Crippen LogP contribution in [0.25, 0.3) is 0 Å². The summed E-state index contributed by atoms with van der Waals surface area (Å²) in [5.41, 5.74) is 1.10. The fraction of sp³-hybridized carbons (Fsp3) is 0.588. The number of hydrogen-bond donors (Lipinski definition) is 0. The van der Waals surface area contributed by atoms with Crippen LogP contribution in [-0.2, 0) is 15.9 Å². The Bertz CT molecular complexity index is 558. The quantitative estimate of drug-likeness (QED) is 0.723. The third-order valence-electron chi connectivity index (χ3n) is 4.10. The molecule has 1 heterocycles. The molecule has 23 heavy (non-hydrogen) atoms. The van der Waals surface area contributed by atoms with Crippen molar-refractivity contribution in [3.63, 3.8) is 0 Å². The second-order valence-electron chi connectivity index (χ2n) is 6.04. The van der Waals surface area contributed by atoms with Gasteiger partial charge < -0.3 is 23.8 Å². The lowest BCUT2D eigenvalue weighted by molar-refractivity contribution is 0.0474. The molecule has 1 saturated carbocycles. The van der Waals surface area contributed by atoms with E-state index in [4.69, 9.17) is 18.9 Å². The topological polar surface area (TPSA) is 57.2 Å². The lowest BCUT2D eigenvalue weighted by Gasteiger charge is -2.24. The minimum atomic E-state index is -0.322. The van der Waals surface area contributed by atoms with Crippen LogP contribution in [0, 0.1) is 0 Å². The number of benzene rings is 1. The molecule has 0 saturated heterocycles. The van der Waals surface area contributed by atoms with Gasteiger partial charge in [-0.2, -0.15) is 0 Å². The largest absolute Gasteiger partial charge is 0.454 e. The van der Waals surface area contributed by atoms with Crippen LogP contribution in [0.15, 0.2) is 18.2 Å². The smallest absolute Gasteiger partial charge is 0.409 e. The fourth-order valence-corrected chi connectivity index (χ4v) is 2.41. The Morgan fingerprint density at radius 3 is 2.87 bits per heavy atom. The van der Waals surface area contributed by atoms with Crippen LogP contribution >= 0.6 is 0 Å². The van der Waals surface area contributed by atoms with Crippen molar-refractivity contribution in [2.75, 3.05) is 27.1 Å². The Morgan fingerprint density at radius 1 is 1.30 bits per heavy atom. The number of likely N-dealkylation sites (N-methyl/N-ethyl adjacent to an activating group) is 1. The average Bonchev–Trinajstić information content (AvgIpc) is 3.26. The molecule has 1 fully saturated rings. The summed E-state index contributed by atoms with van der Waals surface area (Å²) in [5.74, 6) is 1.53. The highest BCUT2D eigenvalue weighted by molar-refractivity contribution is 5.67. The van der Waals surface area contributed by atoms with Gasteiger partial charge in [-0.15, -0.1) is 0 Å². The molecule has 1 amide bonds. The number of rotatable bonds is 7. The molecule has 1 aliphatic carbocycles. The molecule has 1 aromatic carbocycles. The summed E-state index contributed by atoms with van der Waals surface area (Å²) in [6.45, 7) is 3.03. The summed E-state index contributed by atoms with van der Waals surface area (Å²) < 4.78 is 21.4. The zero-order valence-electron chi connectivity index (χ0n) is 13.6. The van der Waals surface area contributed by atoms with Gasteiger partial charge in [0.25, 0.3) is 0 Å². The van der Waals surface area contributed by atoms with Crippen molar-refractivity contribution in [1.82, 2.24) is 4.90 Å². The van der Waals surface area contributed by atoms with Gasteiger partial charge in [0.1, 0.15) is 6.61 Å². The van der Waals surface area contributed by atoms with Crippen LogP contribution in [0.3, 0.4) is 0 Å². The van der Waals surface area contributed by atoms with Crippen molar-refractivity contribution in [2.24, 2.45) is 0 Å². The molecule has 0 aromatic heterocycles. The number of ether oxygens (including phenoxy) is 4. The van der Waals surface area contributed by atoms with Crippen molar-refractivity contribution in [3.05, 3.63) is 23.8 Å². The predicted molar refractivity (Wildman–Crippen MR) is 83.8 cm³/mol. The number of nitrogens with zero attached hydrogens (tertiary/aromatic N) is 1. The normalized spacial score (nSPS) is 17.0. The van der Waals surface area contributed by atoms with Gasteiger partial charge in [-0.1, -0.05) is 6.07 Å². The maximum absolute atomic E-state index is 12.0. The zero-order valence-corrected chi connectivity index (χ0v) is 13.6. The first-order valence-corrected chi connectivity index (χ1v) is 8.03. The van der Waals surface area contributed by atoms with Gasteiger partial charge in [0.15, 0.2) is 11.5 Å². The van der Waals surface area contributed by atoms with E-state index in [1.165, 1.54) is 0 Å². The maximum atomic E-state index is 12.0. The number of carbonyl (C=O) groups is 1. The van der Waals surface area contributed by atoms with Gasteiger partial charge in [-0.3, -0.25) is 0 Å². The van der Waals surface area contributed by atoms with Gasteiger partial charge in [0.2, 0.25) is 6.79 Å². The van der Waals surface area contributed by atoms with E-state index in [9.17, 15) is 4.79 Å². The fourth-order valence-electron chi connectivity index (χ4n) is 2.41. The molecule has 0 radical (unpaired) electrons. The summed E-state index contributed by atoms with van der Waals surface area (Å²) >= 11 is 0. The average molecular weight is 321 g/mol. The van der Waals surface area contributed by atoms with E-state index in [1.54, 1.807) is 11.9 Å². The second-order valence-corrected chi connectivity index (χ2v) is 6.04. The first-order chi connectivity index (χ1) is 11.1. The Hall–Kier alpha value is -1.95. The molecule has 0 unspecified atom stereocenters. The number of hydrogen-bond acceptors (Lipinski definition) is 5. The summed E-state index contributed by atoms with van der Waals surface area (Å²) in [6.07, 6.45) is 3.04. The second kappa shape index (κ2) is 7.08. The molecule has 0 bridgehead atoms. The molecule has 2 aliphatic rings. The lowest BCUT2D eigenvalue weighted by atomic mass is 10.1. The summed E-state index contributed by atoms with van der Waals surface area (Å²) in [6, 6.07) is 5.87. The Morgan fingerprint density at radius 2 is 2.09 bits per heavy atom. The highest BCUT2D eigenvalue weighted by atomic mass is 16.7. The molecule has 1 aromatic rings. The van der Waals surface area contributed by atoms with E-state index < -0.39 is 0 Å². The minimum Gasteiger partial charge on any atom is -0.454 e. The first kappa shape index (κ1) is 15.9. The molecular formula is C17H23NO5. The summed E-state index contributed by atoms with van der Waals surface area (Å²) in [7, 11) is 1.75. The monoisotopic (exact) mass is 321 g/mol. The van der Waals surface area contributed by atoms with Crippen LogP contribution in [0.4, 0.5) is 4.79 Å². The van der Waals surface area contributed by atoms with Crippen molar-refractivity contribution < 1.29 is 23.7 Å². The first-order valence-electron chi connectivity index (χ1n) is 8.03. The summed E-state index contributed by atoms with van der Waals surface area (Å²) in [5, 5.41) is 0. The van der Waals surface area contributed by atoms with Crippen LogP contribution in [-0.4, -0.2) is 50.2 Å². The van der Waals surface area contributed by atoms with E-state index in [1.807, 2.05) is 25.1 Å². The van der Waals surface area contributed by atoms with Gasteiger partial charge in [0, 0.05) is 13.1 Å². The third-order valence-corrected chi connectivity index (χ3v) is 4.10. The molecule has 0 N–H and O–H groups in total. The van der Waals surface area contributed by atoms with E-state index in [0.717, 1.165) is 36.3 Å². The Balaban J connectivity index is 1.44. The molecule has 6 heteroatoms. The van der Waals surface area contributed by atoms with Crippen LogP contribution < -0.4 is 9.47 Å². The van der Waals surface area contributed by atoms with E-state index in [2.05, 4.69) is 0 Å². The predicted octanol–water partition coefficient (Wildman–Crippen LogP) is 2.59. The van der Waals surface area contributed by atoms with E-state index >= 15 is 0 Å². The molecule has 3 rings (SSSR count). The Kier molecular flexibility index (Phi) is 4.91. The van der Waals surface area contributed by atoms with Crippen LogP contribution in [0.2, 0.25) is 0 Å². The van der Waals surface area contributed by atoms with Crippen molar-refractivity contribution in [1.29, 1.82) is 0 Å². The van der Waals surface area contributed by atoms with E-state index in [0.29, 0.717) is 19.3 Å². The minimum absolute atomic E-state index is 0.0206. The zero-order chi connectivity index (χ0) is 16.2. The maximum Gasteiger partial charge on any atom is 0.409 e. The highest BCUT2D eigenvalue weighted by Crippen LogP contribution is 2.33. The van der Waals surface area contributed by atoms with Gasteiger partial charge >= 0.3 is 6.09 Å². The SMILES string of the molecule is C[C@H](Cc1ccc2c(c1)OCO2)N(C)C(=O)OCCOC1CC1. The lowest BCUT2D eigenvalue weighted by Crippen LogP contribution is -2.37. The molecule has 126 valence electrons. The molecular weight excluding hydrogens is 298 g/mol. The number of carbonyl (C=O) groups excluding carboxylic acids is 1. The summed E-state index contributed by atoms with van der Waals surface area (Å²) in [4.78, 5) is 13.6. The van der Waals surface area contributed by atoms with Crippen molar-refractivity contribution in [3.8, 4) is 11.5 Å². The Labute approximate surface area is 136 Å². The molecule has 1 atom stereocenters. The van der Waals surface area contributed by atoms with Crippen molar-refractivity contribution in [2.45, 2.75) is 38.3 Å². The van der Waals surface area contributed by atoms with E-state index in [-0.39, 0.29) is 18.9 Å². The molecule has 0 spiro atoms. The van der Waals surface area contributed by atoms with Crippen LogP contribution in [0.5, 0.6) is 11.5 Å². The molecule has 6 nitrogen and oxygen atoms in total. The van der Waals surface area contributed by atoms with Gasteiger partial charge in [-0.05, 0) is 43.9 Å². The van der Waals surface area contributed by atoms with Crippen molar-refractivity contribution >= 4 is 6.09 Å². The van der Waals surface area contributed by atoms with Gasteiger partial charge in [-0.25, -0.2) is 4.79 Å². The number of amides is 1.